The van der Waals surface area contributed by atoms with Crippen LogP contribution in [0.3, 0.4) is 0 Å². The second-order valence-corrected chi connectivity index (χ2v) is 12.0. The molecule has 0 radical (unpaired) electrons. The molecule has 1 unspecified atom stereocenters. The Hall–Kier alpha value is -3.28. The molecule has 4 saturated carbocycles. The molecule has 6 aliphatic rings. The van der Waals surface area contributed by atoms with Gasteiger partial charge in [0.15, 0.2) is 17.9 Å². The van der Waals surface area contributed by atoms with Crippen molar-refractivity contribution in [3.63, 3.8) is 0 Å². The quantitative estimate of drug-likeness (QED) is 0.694. The number of nitrogens with zero attached hydrogens (tertiary/aromatic N) is 2. The van der Waals surface area contributed by atoms with Crippen molar-refractivity contribution in [2.45, 2.75) is 56.5 Å². The first kappa shape index (κ1) is 22.0. The fraction of sp³-hybridized carbons (Fsp3) is 0.452. The number of hydrogen-bond donors (Lipinski definition) is 1. The number of nitrogens with one attached hydrogen (secondary N) is 1. The molecule has 4 bridgehead atoms. The van der Waals surface area contributed by atoms with E-state index in [0.717, 1.165) is 35.3 Å². The molecule has 0 amide bonds. The number of quaternary nitrogens is 1. The van der Waals surface area contributed by atoms with E-state index >= 15 is 4.39 Å². The van der Waals surface area contributed by atoms with Crippen LogP contribution in [0.25, 0.3) is 6.08 Å². The second kappa shape index (κ2) is 7.61. The molecule has 1 N–H and O–H groups in total. The molecule has 2 heterocycles. The highest BCUT2D eigenvalue weighted by Gasteiger charge is 2.71. The van der Waals surface area contributed by atoms with Crippen LogP contribution in [-0.2, 0) is 4.79 Å². The van der Waals surface area contributed by atoms with Crippen LogP contribution in [0.2, 0.25) is 0 Å². The van der Waals surface area contributed by atoms with Crippen LogP contribution in [0, 0.1) is 57.1 Å². The van der Waals surface area contributed by atoms with Crippen molar-refractivity contribution < 1.29 is 14.1 Å². The van der Waals surface area contributed by atoms with Gasteiger partial charge in [0.25, 0.3) is 0 Å². The number of halogens is 1. The second-order valence-electron chi connectivity index (χ2n) is 12.0. The Kier molecular flexibility index (Phi) is 4.64. The molecule has 0 aromatic heterocycles. The van der Waals surface area contributed by atoms with Gasteiger partial charge in [0.1, 0.15) is 5.82 Å². The first-order valence-corrected chi connectivity index (χ1v) is 13.2. The number of nitriles is 2. The molecule has 2 aromatic carbocycles. The van der Waals surface area contributed by atoms with Crippen LogP contribution in [0.5, 0.6) is 0 Å². The highest BCUT2D eigenvalue weighted by Crippen LogP contribution is 2.62. The number of hydrogen-bond acceptors (Lipinski definition) is 3. The van der Waals surface area contributed by atoms with Crippen molar-refractivity contribution in [2.75, 3.05) is 0 Å². The van der Waals surface area contributed by atoms with E-state index in [-0.39, 0.29) is 5.78 Å². The summed E-state index contributed by atoms with van der Waals surface area (Å²) in [4.78, 5) is 15.7. The average molecular weight is 479 g/mol. The first-order chi connectivity index (χ1) is 17.5. The number of ketones is 1. The monoisotopic (exact) mass is 478 g/mol. The minimum Gasteiger partial charge on any atom is -0.292 e. The third-order valence-corrected chi connectivity index (χ3v) is 10.2. The van der Waals surface area contributed by atoms with Crippen molar-refractivity contribution in [3.05, 3.63) is 77.2 Å². The van der Waals surface area contributed by atoms with E-state index in [9.17, 15) is 15.3 Å². The maximum Gasteiger partial charge on any atom is 0.212 e. The van der Waals surface area contributed by atoms with Gasteiger partial charge in [-0.25, -0.2) is 4.39 Å². The third kappa shape index (κ3) is 2.78. The highest BCUT2D eigenvalue weighted by atomic mass is 19.1. The highest BCUT2D eigenvalue weighted by molar-refractivity contribution is 5.91. The van der Waals surface area contributed by atoms with Gasteiger partial charge in [-0.1, -0.05) is 42.5 Å². The Morgan fingerprint density at radius 3 is 2.08 bits per heavy atom. The Balaban J connectivity index is 1.44. The van der Waals surface area contributed by atoms with E-state index in [4.69, 9.17) is 0 Å². The Bertz CT molecular complexity index is 1330. The molecule has 180 valence electrons. The van der Waals surface area contributed by atoms with Crippen molar-refractivity contribution in [3.8, 4) is 12.1 Å². The average Bonchev–Trinajstić information content (AvgIpc) is 3.18. The van der Waals surface area contributed by atoms with Gasteiger partial charge in [0.2, 0.25) is 5.41 Å². The van der Waals surface area contributed by atoms with Gasteiger partial charge in [-0.3, -0.25) is 9.69 Å². The van der Waals surface area contributed by atoms with Crippen molar-refractivity contribution >= 4 is 11.9 Å². The number of rotatable bonds is 3. The van der Waals surface area contributed by atoms with Crippen LogP contribution in [0.15, 0.2) is 54.7 Å². The van der Waals surface area contributed by atoms with Gasteiger partial charge in [-0.15, -0.1) is 0 Å². The summed E-state index contributed by atoms with van der Waals surface area (Å²) in [7, 11) is 0. The summed E-state index contributed by atoms with van der Waals surface area (Å²) in [6.45, 7) is 0. The van der Waals surface area contributed by atoms with Crippen LogP contribution < -0.4 is 4.90 Å². The lowest BCUT2D eigenvalue weighted by Crippen LogP contribution is -3.12. The van der Waals surface area contributed by atoms with Crippen LogP contribution in [0.4, 0.5) is 4.39 Å². The lowest BCUT2D eigenvalue weighted by Gasteiger charge is -2.56. The summed E-state index contributed by atoms with van der Waals surface area (Å²) in [5, 5.41) is 21.4. The third-order valence-electron chi connectivity index (χ3n) is 10.2. The largest absolute Gasteiger partial charge is 0.292 e. The molecule has 2 aromatic rings. The van der Waals surface area contributed by atoms with E-state index in [1.165, 1.54) is 25.3 Å². The zero-order valence-electron chi connectivity index (χ0n) is 20.2. The molecule has 36 heavy (non-hydrogen) atoms. The Labute approximate surface area is 211 Å². The minimum absolute atomic E-state index is 0.159. The fourth-order valence-corrected chi connectivity index (χ4v) is 9.30. The lowest BCUT2D eigenvalue weighted by atomic mass is 9.47. The van der Waals surface area contributed by atoms with Gasteiger partial charge in [-0.2, -0.15) is 10.5 Å². The van der Waals surface area contributed by atoms with Gasteiger partial charge >= 0.3 is 0 Å². The molecule has 0 spiro atoms. The van der Waals surface area contributed by atoms with Crippen molar-refractivity contribution in [2.24, 2.45) is 28.6 Å². The Morgan fingerprint density at radius 1 is 0.889 bits per heavy atom. The molecule has 4 nitrogen and oxygen atoms in total. The lowest BCUT2D eigenvalue weighted by molar-refractivity contribution is -0.886. The summed E-state index contributed by atoms with van der Waals surface area (Å²) in [6, 6.07) is 17.7. The molecule has 4 atom stereocenters. The van der Waals surface area contributed by atoms with Crippen molar-refractivity contribution in [1.82, 2.24) is 0 Å². The maximum atomic E-state index is 15.5. The fourth-order valence-electron chi connectivity index (χ4n) is 9.30. The predicted molar refractivity (Wildman–Crippen MR) is 131 cm³/mol. The molecule has 5 heteroatoms. The van der Waals surface area contributed by atoms with E-state index < -0.39 is 34.6 Å². The molecule has 5 fully saturated rings. The van der Waals surface area contributed by atoms with E-state index in [1.807, 2.05) is 36.5 Å². The zero-order valence-corrected chi connectivity index (χ0v) is 20.2. The molecule has 4 aliphatic carbocycles. The maximum absolute atomic E-state index is 15.5. The van der Waals surface area contributed by atoms with Gasteiger partial charge in [0.05, 0.1) is 24.3 Å². The molecule has 1 saturated heterocycles. The van der Waals surface area contributed by atoms with Gasteiger partial charge in [-0.05, 0) is 74.0 Å². The summed E-state index contributed by atoms with van der Waals surface area (Å²) >= 11 is 0. The summed E-state index contributed by atoms with van der Waals surface area (Å²) in [5.41, 5.74) is 0.181. The van der Waals surface area contributed by atoms with E-state index in [0.29, 0.717) is 23.3 Å². The van der Waals surface area contributed by atoms with E-state index in [2.05, 4.69) is 12.1 Å². The number of fused-ring (bicyclic) bond motifs is 3. The standard InChI is InChI=1S/C31H28FN3O/c32-25-8-4-3-7-24(25)26-27(29(36)30-14-19-11-20(15-30)13-21(12-19)16-30)35-10-9-22-5-1-2-6-23(22)28(35)31(26,17-33)18-34/h1-10,19-21,26-28H,11-16H2/p+1/t19?,20?,21?,26-,27+,28+,30?/m0/s1. The Morgan fingerprint density at radius 2 is 1.47 bits per heavy atom. The molecular formula is C31H29FN3O+. The SMILES string of the molecule is N#CC1(C#N)[C@@H](c2ccccc2F)[C@H](C(=O)C23CC4CC(CC(C4)C2)C3)[NH+]2C=Cc3ccccc3[C@@H]21. The first-order valence-electron chi connectivity index (χ1n) is 13.2. The van der Waals surface area contributed by atoms with Crippen molar-refractivity contribution in [1.29, 1.82) is 10.5 Å². The normalized spacial score (nSPS) is 38.6. The van der Waals surface area contributed by atoms with E-state index in [1.54, 1.807) is 18.2 Å². The predicted octanol–water partition coefficient (Wildman–Crippen LogP) is 4.72. The number of carbonyl (C=O) groups excluding carboxylic acids is 1. The van der Waals surface area contributed by atoms with Crippen LogP contribution in [0.1, 0.15) is 67.2 Å². The number of Topliss-reactive ketones (excluding diaryl/α,β-unsaturated/α-hetero) is 1. The van der Waals surface area contributed by atoms with Crippen LogP contribution in [-0.4, -0.2) is 11.8 Å². The summed E-state index contributed by atoms with van der Waals surface area (Å²) in [6.07, 6.45) is 10.4. The molecular weight excluding hydrogens is 449 g/mol. The van der Waals surface area contributed by atoms with Crippen LogP contribution >= 0.6 is 0 Å². The summed E-state index contributed by atoms with van der Waals surface area (Å²) in [5.74, 6) is 0.643. The molecule has 8 rings (SSSR count). The van der Waals surface area contributed by atoms with Gasteiger partial charge in [0, 0.05) is 16.5 Å². The summed E-state index contributed by atoms with van der Waals surface area (Å²) < 4.78 is 15.5. The smallest absolute Gasteiger partial charge is 0.212 e. The zero-order chi connectivity index (χ0) is 24.7. The number of carbonyl (C=O) groups is 1. The number of benzene rings is 2. The van der Waals surface area contributed by atoms with Gasteiger partial charge < -0.3 is 0 Å². The minimum atomic E-state index is -1.57. The molecule has 2 aliphatic heterocycles. The topological polar surface area (TPSA) is 69.1 Å².